The zero-order chi connectivity index (χ0) is 11.0. The number of benzene rings is 1. The Morgan fingerprint density at radius 2 is 2.00 bits per heavy atom. The second kappa shape index (κ2) is 3.61. The summed E-state index contributed by atoms with van der Waals surface area (Å²) in [5.41, 5.74) is 1.74. The first kappa shape index (κ1) is 10.1. The minimum absolute atomic E-state index is 0.381. The van der Waals surface area contributed by atoms with E-state index in [0.29, 0.717) is 16.1 Å². The van der Waals surface area contributed by atoms with Crippen LogP contribution in [0.4, 0.5) is 8.78 Å². The van der Waals surface area contributed by atoms with Gasteiger partial charge in [-0.15, -0.1) is 0 Å². The van der Waals surface area contributed by atoms with Gasteiger partial charge in [-0.1, -0.05) is 26.0 Å². The molecule has 0 atom stereocenters. The molecule has 0 unspecified atom stereocenters. The highest BCUT2D eigenvalue weighted by Crippen LogP contribution is 2.22. The van der Waals surface area contributed by atoms with Crippen LogP contribution in [-0.2, 0) is 0 Å². The molecular weight excluding hydrogens is 198 g/mol. The summed E-state index contributed by atoms with van der Waals surface area (Å²) in [6.45, 7) is 1.55. The Hall–Kier alpha value is -1.45. The first-order chi connectivity index (χ1) is 7.08. The van der Waals surface area contributed by atoms with Crippen LogP contribution in [0.5, 0.6) is 0 Å². The van der Waals surface area contributed by atoms with Crippen LogP contribution in [0.2, 0.25) is 0 Å². The minimum atomic E-state index is -2.57. The number of fused-ring (bicyclic) bond motifs is 1. The van der Waals surface area contributed by atoms with E-state index in [1.165, 1.54) is 6.20 Å². The third kappa shape index (κ3) is 1.84. The summed E-state index contributed by atoms with van der Waals surface area (Å²) < 4.78 is 25.4. The minimum Gasteiger partial charge on any atom is -0.210 e. The third-order valence-electron chi connectivity index (χ3n) is 2.42. The van der Waals surface area contributed by atoms with Crippen LogP contribution in [0, 0.1) is 0 Å². The van der Waals surface area contributed by atoms with E-state index < -0.39 is 6.55 Å². The van der Waals surface area contributed by atoms with Crippen molar-refractivity contribution in [2.45, 2.75) is 26.3 Å². The van der Waals surface area contributed by atoms with E-state index in [4.69, 9.17) is 0 Å². The second-order valence-corrected chi connectivity index (χ2v) is 3.86. The number of alkyl halides is 2. The van der Waals surface area contributed by atoms with Crippen molar-refractivity contribution in [2.75, 3.05) is 0 Å². The number of hydrogen-bond donors (Lipinski definition) is 0. The molecule has 2 aromatic rings. The van der Waals surface area contributed by atoms with Gasteiger partial charge in [-0.25, -0.2) is 4.68 Å². The molecule has 15 heavy (non-hydrogen) atoms. The molecule has 0 N–H and O–H groups in total. The van der Waals surface area contributed by atoms with Crippen molar-refractivity contribution >= 4 is 10.9 Å². The number of halogens is 2. The van der Waals surface area contributed by atoms with E-state index in [1.54, 1.807) is 0 Å². The average Bonchev–Trinajstić information content (AvgIpc) is 2.59. The van der Waals surface area contributed by atoms with Crippen LogP contribution in [0.15, 0.2) is 24.4 Å². The predicted molar refractivity (Wildman–Crippen MR) is 55.1 cm³/mol. The Labute approximate surface area is 86.5 Å². The average molecular weight is 210 g/mol. The Morgan fingerprint density at radius 1 is 1.27 bits per heavy atom. The molecule has 0 radical (unpaired) electrons. The molecule has 4 heteroatoms. The molecule has 2 rings (SSSR count). The van der Waals surface area contributed by atoms with Gasteiger partial charge in [0.1, 0.15) is 0 Å². The first-order valence-electron chi connectivity index (χ1n) is 4.85. The van der Waals surface area contributed by atoms with E-state index in [2.05, 4.69) is 18.9 Å². The summed E-state index contributed by atoms with van der Waals surface area (Å²) in [5, 5.41) is 4.57. The Balaban J connectivity index is 2.52. The zero-order valence-corrected chi connectivity index (χ0v) is 8.61. The van der Waals surface area contributed by atoms with Gasteiger partial charge in [0.2, 0.25) is 0 Å². The SMILES string of the molecule is CC(C)c1ccc2cn(C(F)F)nc2c1. The second-order valence-electron chi connectivity index (χ2n) is 3.86. The lowest BCUT2D eigenvalue weighted by Gasteiger charge is -2.03. The smallest absolute Gasteiger partial charge is 0.210 e. The highest BCUT2D eigenvalue weighted by atomic mass is 19.3. The van der Waals surface area contributed by atoms with Crippen LogP contribution >= 0.6 is 0 Å². The molecule has 0 bridgehead atoms. The largest absolute Gasteiger partial charge is 0.333 e. The Bertz CT molecular complexity index is 468. The van der Waals surface area contributed by atoms with Crippen LogP contribution < -0.4 is 0 Å². The van der Waals surface area contributed by atoms with Gasteiger partial charge in [-0.2, -0.15) is 13.9 Å². The van der Waals surface area contributed by atoms with Gasteiger partial charge in [0.05, 0.1) is 5.52 Å². The van der Waals surface area contributed by atoms with E-state index >= 15 is 0 Å². The highest BCUT2D eigenvalue weighted by molar-refractivity contribution is 5.78. The maximum Gasteiger partial charge on any atom is 0.333 e. The van der Waals surface area contributed by atoms with Crippen LogP contribution in [0.3, 0.4) is 0 Å². The number of nitrogens with zero attached hydrogens (tertiary/aromatic N) is 2. The lowest BCUT2D eigenvalue weighted by Crippen LogP contribution is -1.97. The van der Waals surface area contributed by atoms with E-state index in [1.807, 2.05) is 18.2 Å². The highest BCUT2D eigenvalue weighted by Gasteiger charge is 2.09. The molecule has 0 spiro atoms. The summed E-state index contributed by atoms with van der Waals surface area (Å²) in [7, 11) is 0. The van der Waals surface area contributed by atoms with Crippen molar-refractivity contribution in [3.8, 4) is 0 Å². The van der Waals surface area contributed by atoms with Gasteiger partial charge >= 0.3 is 6.55 Å². The van der Waals surface area contributed by atoms with Crippen molar-refractivity contribution < 1.29 is 8.78 Å². The van der Waals surface area contributed by atoms with Gasteiger partial charge in [-0.3, -0.25) is 0 Å². The molecule has 0 saturated heterocycles. The molecule has 80 valence electrons. The van der Waals surface area contributed by atoms with Gasteiger partial charge in [-0.05, 0) is 17.5 Å². The van der Waals surface area contributed by atoms with Crippen molar-refractivity contribution in [1.29, 1.82) is 0 Å². The summed E-state index contributed by atoms with van der Waals surface area (Å²) >= 11 is 0. The zero-order valence-electron chi connectivity index (χ0n) is 8.61. The van der Waals surface area contributed by atoms with E-state index in [9.17, 15) is 8.78 Å². The topological polar surface area (TPSA) is 17.8 Å². The van der Waals surface area contributed by atoms with Gasteiger partial charge < -0.3 is 0 Å². The molecular formula is C11H12F2N2. The lowest BCUT2D eigenvalue weighted by atomic mass is 10.0. The summed E-state index contributed by atoms with van der Waals surface area (Å²) in [6.07, 6.45) is 1.37. The summed E-state index contributed by atoms with van der Waals surface area (Å²) in [5.74, 6) is 0.381. The normalized spacial score (nSPS) is 11.9. The van der Waals surface area contributed by atoms with Crippen molar-refractivity contribution in [3.63, 3.8) is 0 Å². The van der Waals surface area contributed by atoms with Gasteiger partial charge in [0, 0.05) is 11.6 Å². The van der Waals surface area contributed by atoms with Crippen LogP contribution in [-0.4, -0.2) is 9.78 Å². The molecule has 2 nitrogen and oxygen atoms in total. The molecule has 0 fully saturated rings. The fraction of sp³-hybridized carbons (Fsp3) is 0.364. The monoisotopic (exact) mass is 210 g/mol. The molecule has 1 heterocycles. The van der Waals surface area contributed by atoms with Crippen molar-refractivity contribution in [3.05, 3.63) is 30.0 Å². The summed E-state index contributed by atoms with van der Waals surface area (Å²) in [6, 6.07) is 5.64. The Morgan fingerprint density at radius 3 is 2.60 bits per heavy atom. The fourth-order valence-corrected chi connectivity index (χ4v) is 1.51. The molecule has 0 aliphatic heterocycles. The van der Waals surface area contributed by atoms with E-state index in [0.717, 1.165) is 10.9 Å². The fourth-order valence-electron chi connectivity index (χ4n) is 1.51. The molecule has 0 amide bonds. The quantitative estimate of drug-likeness (QED) is 0.741. The maximum atomic E-state index is 12.4. The first-order valence-corrected chi connectivity index (χ1v) is 4.85. The van der Waals surface area contributed by atoms with Crippen molar-refractivity contribution in [2.24, 2.45) is 0 Å². The van der Waals surface area contributed by atoms with Crippen LogP contribution in [0.25, 0.3) is 10.9 Å². The van der Waals surface area contributed by atoms with Gasteiger partial charge in [0.15, 0.2) is 0 Å². The molecule has 0 aliphatic carbocycles. The Kier molecular flexibility index (Phi) is 2.42. The maximum absolute atomic E-state index is 12.4. The standard InChI is InChI=1S/C11H12F2N2/c1-7(2)8-3-4-9-6-15(11(12)13)14-10(9)5-8/h3-7,11H,1-2H3. The lowest BCUT2D eigenvalue weighted by molar-refractivity contribution is 0.0574. The van der Waals surface area contributed by atoms with E-state index in [-0.39, 0.29) is 0 Å². The predicted octanol–water partition coefficient (Wildman–Crippen LogP) is 3.55. The third-order valence-corrected chi connectivity index (χ3v) is 2.42. The number of rotatable bonds is 2. The molecule has 0 aliphatic rings. The number of hydrogen-bond acceptors (Lipinski definition) is 1. The molecule has 1 aromatic carbocycles. The number of aromatic nitrogens is 2. The van der Waals surface area contributed by atoms with Crippen LogP contribution in [0.1, 0.15) is 31.9 Å². The summed E-state index contributed by atoms with van der Waals surface area (Å²) in [4.78, 5) is 0. The molecule has 1 aromatic heterocycles. The van der Waals surface area contributed by atoms with Crippen molar-refractivity contribution in [1.82, 2.24) is 9.78 Å². The molecule has 0 saturated carbocycles. The van der Waals surface area contributed by atoms with Gasteiger partial charge in [0.25, 0.3) is 0 Å².